The van der Waals surface area contributed by atoms with Gasteiger partial charge in [0.1, 0.15) is 0 Å². The second-order valence-corrected chi connectivity index (χ2v) is 3.84. The van der Waals surface area contributed by atoms with E-state index < -0.39 is 0 Å². The average molecular weight is 193 g/mol. The van der Waals surface area contributed by atoms with E-state index in [-0.39, 0.29) is 5.91 Å². The highest BCUT2D eigenvalue weighted by molar-refractivity contribution is 5.92. The van der Waals surface area contributed by atoms with Crippen molar-refractivity contribution in [1.82, 2.24) is 26.0 Å². The van der Waals surface area contributed by atoms with Gasteiger partial charge in [0.2, 0.25) is 0 Å². The summed E-state index contributed by atoms with van der Waals surface area (Å²) in [7, 11) is 0. The maximum Gasteiger partial charge on any atom is 0.273 e. The molecule has 1 aliphatic carbocycles. The Morgan fingerprint density at radius 3 is 2.93 bits per heavy atom. The van der Waals surface area contributed by atoms with E-state index in [1.54, 1.807) is 0 Å². The van der Waals surface area contributed by atoms with Crippen molar-refractivity contribution in [3.8, 4) is 0 Å². The van der Waals surface area contributed by atoms with Crippen LogP contribution in [0.25, 0.3) is 0 Å². The van der Waals surface area contributed by atoms with Crippen molar-refractivity contribution < 1.29 is 4.79 Å². The van der Waals surface area contributed by atoms with Crippen LogP contribution < -0.4 is 10.6 Å². The zero-order valence-electron chi connectivity index (χ0n) is 7.53. The van der Waals surface area contributed by atoms with E-state index in [1.807, 2.05) is 0 Å². The van der Waals surface area contributed by atoms with Crippen molar-refractivity contribution in [1.29, 1.82) is 0 Å². The van der Waals surface area contributed by atoms with Gasteiger partial charge in [-0.3, -0.25) is 4.79 Å². The first-order valence-corrected chi connectivity index (χ1v) is 4.73. The molecule has 2 heterocycles. The fourth-order valence-corrected chi connectivity index (χ4v) is 2.17. The molecular formula is C8H11N5O. The van der Waals surface area contributed by atoms with Gasteiger partial charge in [0.05, 0.1) is 6.20 Å². The van der Waals surface area contributed by atoms with Gasteiger partial charge in [0, 0.05) is 19.1 Å². The topological polar surface area (TPSA) is 82.7 Å². The largest absolute Gasteiger partial charge is 0.347 e. The number of nitrogens with zero attached hydrogens (tertiary/aromatic N) is 2. The summed E-state index contributed by atoms with van der Waals surface area (Å²) in [6, 6.07) is 0.348. The summed E-state index contributed by atoms with van der Waals surface area (Å²) in [6.45, 7) is 2.04. The van der Waals surface area contributed by atoms with Crippen molar-refractivity contribution in [3.05, 3.63) is 11.9 Å². The van der Waals surface area contributed by atoms with Crippen LogP contribution in [0.5, 0.6) is 0 Å². The first-order chi connectivity index (χ1) is 6.86. The Morgan fingerprint density at radius 1 is 1.50 bits per heavy atom. The Bertz CT molecular complexity index is 339. The highest BCUT2D eigenvalue weighted by Gasteiger charge is 2.53. The fourth-order valence-electron chi connectivity index (χ4n) is 2.17. The smallest absolute Gasteiger partial charge is 0.273 e. The van der Waals surface area contributed by atoms with Gasteiger partial charge in [-0.2, -0.15) is 15.4 Å². The van der Waals surface area contributed by atoms with Crippen LogP contribution in [0.15, 0.2) is 6.20 Å². The minimum atomic E-state index is -0.127. The zero-order valence-corrected chi connectivity index (χ0v) is 7.53. The molecule has 1 saturated heterocycles. The molecule has 2 aliphatic rings. The number of fused-ring (bicyclic) bond motifs is 1. The summed E-state index contributed by atoms with van der Waals surface area (Å²) in [5.74, 6) is 1.13. The minimum absolute atomic E-state index is 0.127. The molecule has 3 rings (SSSR count). The number of carbonyl (C=O) groups excluding carboxylic acids is 1. The molecule has 1 aliphatic heterocycles. The van der Waals surface area contributed by atoms with Crippen LogP contribution in [0.3, 0.4) is 0 Å². The first-order valence-electron chi connectivity index (χ1n) is 4.73. The van der Waals surface area contributed by atoms with E-state index in [0.717, 1.165) is 13.1 Å². The maximum atomic E-state index is 11.5. The molecule has 3 N–H and O–H groups in total. The molecule has 0 bridgehead atoms. The third kappa shape index (κ3) is 1.11. The van der Waals surface area contributed by atoms with Gasteiger partial charge in [0.15, 0.2) is 5.69 Å². The molecule has 6 heteroatoms. The molecule has 1 amide bonds. The van der Waals surface area contributed by atoms with Crippen LogP contribution in [0.2, 0.25) is 0 Å². The van der Waals surface area contributed by atoms with Crippen LogP contribution >= 0.6 is 0 Å². The number of hydrogen-bond acceptors (Lipinski definition) is 4. The van der Waals surface area contributed by atoms with Crippen molar-refractivity contribution in [2.45, 2.75) is 6.04 Å². The monoisotopic (exact) mass is 193 g/mol. The second kappa shape index (κ2) is 2.78. The SMILES string of the molecule is O=C(NC1C2CNCC21)c1cn[nH]n1. The summed E-state index contributed by atoms with van der Waals surface area (Å²) >= 11 is 0. The van der Waals surface area contributed by atoms with Gasteiger partial charge < -0.3 is 10.6 Å². The van der Waals surface area contributed by atoms with Gasteiger partial charge in [-0.05, 0) is 11.8 Å². The lowest BCUT2D eigenvalue weighted by Crippen LogP contribution is -2.32. The maximum absolute atomic E-state index is 11.5. The summed E-state index contributed by atoms with van der Waals surface area (Å²) in [6.07, 6.45) is 1.44. The second-order valence-electron chi connectivity index (χ2n) is 3.84. The quantitative estimate of drug-likeness (QED) is 0.548. The predicted molar refractivity (Wildman–Crippen MR) is 47.5 cm³/mol. The number of amides is 1. The van der Waals surface area contributed by atoms with E-state index in [2.05, 4.69) is 26.0 Å². The molecule has 0 aromatic carbocycles. The molecule has 14 heavy (non-hydrogen) atoms. The van der Waals surface area contributed by atoms with E-state index in [9.17, 15) is 4.79 Å². The molecule has 0 spiro atoms. The summed E-state index contributed by atoms with van der Waals surface area (Å²) in [4.78, 5) is 11.5. The number of carbonyl (C=O) groups is 1. The third-order valence-electron chi connectivity index (χ3n) is 3.04. The van der Waals surface area contributed by atoms with Crippen molar-refractivity contribution in [2.24, 2.45) is 11.8 Å². The standard InChI is InChI=1S/C8H11N5O/c14-8(6-3-10-13-12-6)11-7-4-1-9-2-5(4)7/h3-5,7,9H,1-2H2,(H,11,14)(H,10,12,13). The van der Waals surface area contributed by atoms with E-state index in [4.69, 9.17) is 0 Å². The van der Waals surface area contributed by atoms with E-state index in [0.29, 0.717) is 23.6 Å². The molecule has 74 valence electrons. The molecule has 0 radical (unpaired) electrons. The Balaban J connectivity index is 1.61. The van der Waals surface area contributed by atoms with Crippen molar-refractivity contribution in [2.75, 3.05) is 13.1 Å². The van der Waals surface area contributed by atoms with Crippen molar-refractivity contribution in [3.63, 3.8) is 0 Å². The van der Waals surface area contributed by atoms with Gasteiger partial charge in [-0.25, -0.2) is 0 Å². The Hall–Kier alpha value is -1.43. The predicted octanol–water partition coefficient (Wildman–Crippen LogP) is -1.25. The molecule has 1 aromatic rings. The van der Waals surface area contributed by atoms with Gasteiger partial charge >= 0.3 is 0 Å². The molecular weight excluding hydrogens is 182 g/mol. The summed E-state index contributed by atoms with van der Waals surface area (Å²) in [5, 5.41) is 16.0. The highest BCUT2D eigenvalue weighted by atomic mass is 16.2. The molecule has 1 aromatic heterocycles. The minimum Gasteiger partial charge on any atom is -0.347 e. The number of H-pyrrole nitrogens is 1. The lowest BCUT2D eigenvalue weighted by atomic mass is 10.4. The van der Waals surface area contributed by atoms with Crippen LogP contribution in [0.1, 0.15) is 10.5 Å². The van der Waals surface area contributed by atoms with E-state index in [1.165, 1.54) is 6.20 Å². The zero-order chi connectivity index (χ0) is 9.54. The average Bonchev–Trinajstić information content (AvgIpc) is 2.75. The number of hydrogen-bond donors (Lipinski definition) is 3. The van der Waals surface area contributed by atoms with Gasteiger partial charge in [-0.15, -0.1) is 0 Å². The summed E-state index contributed by atoms with van der Waals surface area (Å²) < 4.78 is 0. The molecule has 6 nitrogen and oxygen atoms in total. The Morgan fingerprint density at radius 2 is 2.29 bits per heavy atom. The number of piperidine rings is 1. The van der Waals surface area contributed by atoms with E-state index >= 15 is 0 Å². The summed E-state index contributed by atoms with van der Waals surface area (Å²) in [5.41, 5.74) is 0.364. The van der Waals surface area contributed by atoms with Crippen LogP contribution in [0, 0.1) is 11.8 Å². The van der Waals surface area contributed by atoms with Crippen molar-refractivity contribution >= 4 is 5.91 Å². The lowest BCUT2D eigenvalue weighted by molar-refractivity contribution is 0.0941. The molecule has 2 unspecified atom stereocenters. The number of rotatable bonds is 2. The fraction of sp³-hybridized carbons (Fsp3) is 0.625. The van der Waals surface area contributed by atoms with Gasteiger partial charge in [0.25, 0.3) is 5.91 Å². The first kappa shape index (κ1) is 7.93. The number of aromatic nitrogens is 3. The normalized spacial score (nSPS) is 33.9. The van der Waals surface area contributed by atoms with Crippen LogP contribution in [-0.2, 0) is 0 Å². The molecule has 2 atom stereocenters. The third-order valence-corrected chi connectivity index (χ3v) is 3.04. The number of nitrogens with one attached hydrogen (secondary N) is 3. The molecule has 1 saturated carbocycles. The Labute approximate surface area is 80.5 Å². The molecule has 2 fully saturated rings. The highest BCUT2D eigenvalue weighted by Crippen LogP contribution is 2.41. The lowest BCUT2D eigenvalue weighted by Gasteiger charge is -2.05. The van der Waals surface area contributed by atoms with Gasteiger partial charge in [-0.1, -0.05) is 0 Å². The van der Waals surface area contributed by atoms with Crippen LogP contribution in [0.4, 0.5) is 0 Å². The number of aromatic amines is 1. The Kier molecular flexibility index (Phi) is 1.57. The van der Waals surface area contributed by atoms with Crippen LogP contribution in [-0.4, -0.2) is 40.4 Å².